The van der Waals surface area contributed by atoms with Crippen molar-refractivity contribution in [3.63, 3.8) is 0 Å². The quantitative estimate of drug-likeness (QED) is 0.150. The zero-order chi connectivity index (χ0) is 16.8. The second-order valence-electron chi connectivity index (χ2n) is 6.74. The minimum absolute atomic E-state index is 0. The summed E-state index contributed by atoms with van der Waals surface area (Å²) in [6, 6.07) is 0. The van der Waals surface area contributed by atoms with Crippen LogP contribution in [0.15, 0.2) is 0 Å². The Morgan fingerprint density at radius 3 is 1.04 bits per heavy atom. The number of unbranched alkanes of at least 4 members (excludes halogenated alkanes) is 14. The van der Waals surface area contributed by atoms with Gasteiger partial charge in [-0.2, -0.15) is 0 Å². The van der Waals surface area contributed by atoms with E-state index < -0.39 is 0 Å². The van der Waals surface area contributed by atoms with E-state index in [2.05, 4.69) is 28.5 Å². The van der Waals surface area contributed by atoms with Crippen LogP contribution >= 0.6 is 21.6 Å². The number of nitrogens with two attached hydrogens (primary N) is 1. The summed E-state index contributed by atoms with van der Waals surface area (Å²) in [5.41, 5.74) is 5.50. The van der Waals surface area contributed by atoms with E-state index in [1.165, 1.54) is 114 Å². The highest BCUT2D eigenvalue weighted by molar-refractivity contribution is 8.76. The van der Waals surface area contributed by atoms with Gasteiger partial charge in [0.2, 0.25) is 0 Å². The fourth-order valence-electron chi connectivity index (χ4n) is 2.78. The molecule has 0 fully saturated rings. The molecular formula is C25H63NS2. The molecule has 28 heavy (non-hydrogen) atoms. The molecule has 0 saturated carbocycles. The maximum atomic E-state index is 5.50. The van der Waals surface area contributed by atoms with Crippen molar-refractivity contribution in [3.05, 3.63) is 0 Å². The van der Waals surface area contributed by atoms with Crippen LogP contribution < -0.4 is 5.73 Å². The van der Waals surface area contributed by atoms with E-state index in [4.69, 9.17) is 5.73 Å². The zero-order valence-corrected chi connectivity index (χ0v) is 17.5. The van der Waals surface area contributed by atoms with E-state index >= 15 is 0 Å². The van der Waals surface area contributed by atoms with Gasteiger partial charge in [-0.05, 0) is 25.8 Å². The first kappa shape index (κ1) is 42.7. The van der Waals surface area contributed by atoms with Crippen LogP contribution in [0, 0.1) is 0 Å². The third-order valence-electron chi connectivity index (χ3n) is 4.35. The van der Waals surface area contributed by atoms with Crippen LogP contribution in [0.1, 0.15) is 147 Å². The van der Waals surface area contributed by atoms with E-state index in [0.29, 0.717) is 0 Å². The van der Waals surface area contributed by atoms with Crippen LogP contribution in [0.5, 0.6) is 0 Å². The molecule has 0 bridgehead atoms. The van der Waals surface area contributed by atoms with E-state index in [1.54, 1.807) is 0 Å². The first-order chi connectivity index (χ1) is 11.4. The van der Waals surface area contributed by atoms with Crippen LogP contribution in [-0.2, 0) is 0 Å². The molecule has 1 nitrogen and oxygen atoms in total. The molecule has 3 heteroatoms. The summed E-state index contributed by atoms with van der Waals surface area (Å²) in [7, 11) is 4.17. The van der Waals surface area contributed by atoms with Crippen molar-refractivity contribution in [1.29, 1.82) is 0 Å². The molecule has 180 valence electrons. The minimum atomic E-state index is 0. The van der Waals surface area contributed by atoms with Gasteiger partial charge >= 0.3 is 0 Å². The predicted molar refractivity (Wildman–Crippen MR) is 147 cm³/mol. The Balaban J connectivity index is -0.000000242. The number of rotatable bonds is 20. The Morgan fingerprint density at radius 1 is 0.429 bits per heavy atom. The lowest BCUT2D eigenvalue weighted by atomic mass is 10.1. The fourth-order valence-corrected chi connectivity index (χ4v) is 5.07. The largest absolute Gasteiger partial charge is 0.330 e. The van der Waals surface area contributed by atoms with Gasteiger partial charge in [0.15, 0.2) is 0 Å². The van der Waals surface area contributed by atoms with Gasteiger partial charge in [0.05, 0.1) is 0 Å². The lowest BCUT2D eigenvalue weighted by Gasteiger charge is -2.03. The van der Waals surface area contributed by atoms with Crippen LogP contribution in [-0.4, -0.2) is 18.1 Å². The second-order valence-corrected chi connectivity index (χ2v) is 9.44. The zero-order valence-electron chi connectivity index (χ0n) is 15.8. The molecule has 0 amide bonds. The lowest BCUT2D eigenvalue weighted by Crippen LogP contribution is -1.97. The van der Waals surface area contributed by atoms with Crippen molar-refractivity contribution in [3.8, 4) is 0 Å². The average Bonchev–Trinajstić information content (AvgIpc) is 2.57. The van der Waals surface area contributed by atoms with Gasteiger partial charge in [-0.15, -0.1) is 0 Å². The predicted octanol–water partition coefficient (Wildman–Crippen LogP) is 10.8. The van der Waals surface area contributed by atoms with E-state index in [1.807, 2.05) is 0 Å². The highest BCUT2D eigenvalue weighted by atomic mass is 33.1. The molecular weight excluding hydrogens is 378 g/mol. The van der Waals surface area contributed by atoms with Gasteiger partial charge < -0.3 is 5.73 Å². The summed E-state index contributed by atoms with van der Waals surface area (Å²) >= 11 is 0. The SMILES string of the molecule is C.C.C.C.C.CCCCCCCCCCCCCCSSCCCCCCN. The van der Waals surface area contributed by atoms with Crippen LogP contribution in [0.25, 0.3) is 0 Å². The van der Waals surface area contributed by atoms with Gasteiger partial charge in [0.1, 0.15) is 0 Å². The number of hydrogen-bond donors (Lipinski definition) is 1. The lowest BCUT2D eigenvalue weighted by molar-refractivity contribution is 0.548. The van der Waals surface area contributed by atoms with Crippen molar-refractivity contribution in [2.24, 2.45) is 5.73 Å². The average molecular weight is 442 g/mol. The summed E-state index contributed by atoms with van der Waals surface area (Å²) < 4.78 is 0. The Bertz CT molecular complexity index is 181. The summed E-state index contributed by atoms with van der Waals surface area (Å²) in [5.74, 6) is 2.68. The molecule has 2 N–H and O–H groups in total. The minimum Gasteiger partial charge on any atom is -0.330 e. The molecule has 0 atom stereocenters. The second kappa shape index (κ2) is 41.9. The van der Waals surface area contributed by atoms with E-state index in [-0.39, 0.29) is 37.1 Å². The molecule has 0 spiro atoms. The van der Waals surface area contributed by atoms with Gasteiger partial charge in [0, 0.05) is 11.5 Å². The summed E-state index contributed by atoms with van der Waals surface area (Å²) in [5, 5.41) is 0. The summed E-state index contributed by atoms with van der Waals surface area (Å²) in [6.07, 6.45) is 22.7. The van der Waals surface area contributed by atoms with Crippen molar-refractivity contribution < 1.29 is 0 Å². The molecule has 0 rings (SSSR count). The Morgan fingerprint density at radius 2 is 0.714 bits per heavy atom. The van der Waals surface area contributed by atoms with Crippen molar-refractivity contribution >= 4 is 21.6 Å². The van der Waals surface area contributed by atoms with Crippen molar-refractivity contribution in [2.75, 3.05) is 18.1 Å². The Hall–Kier alpha value is 0.660. The van der Waals surface area contributed by atoms with E-state index in [9.17, 15) is 0 Å². The Kier molecular flexibility index (Phi) is 63.9. The molecule has 0 aliphatic carbocycles. The first-order valence-electron chi connectivity index (χ1n) is 10.4. The summed E-state index contributed by atoms with van der Waals surface area (Å²) in [6.45, 7) is 3.16. The van der Waals surface area contributed by atoms with E-state index in [0.717, 1.165) is 6.54 Å². The molecule has 0 aromatic rings. The Labute approximate surface area is 192 Å². The molecule has 0 heterocycles. The molecule has 0 aromatic heterocycles. The molecule has 0 unspecified atom stereocenters. The van der Waals surface area contributed by atoms with Gasteiger partial charge in [0.25, 0.3) is 0 Å². The van der Waals surface area contributed by atoms with Crippen molar-refractivity contribution in [1.82, 2.24) is 0 Å². The van der Waals surface area contributed by atoms with Crippen molar-refractivity contribution in [2.45, 2.75) is 147 Å². The van der Waals surface area contributed by atoms with Crippen LogP contribution in [0.2, 0.25) is 0 Å². The normalized spacial score (nSPS) is 9.21. The molecule has 0 aliphatic heterocycles. The van der Waals surface area contributed by atoms with Gasteiger partial charge in [-0.1, -0.05) is 149 Å². The summed E-state index contributed by atoms with van der Waals surface area (Å²) in [4.78, 5) is 0. The highest BCUT2D eigenvalue weighted by Crippen LogP contribution is 2.24. The number of hydrogen-bond acceptors (Lipinski definition) is 3. The van der Waals surface area contributed by atoms with Crippen LogP contribution in [0.3, 0.4) is 0 Å². The molecule has 0 saturated heterocycles. The van der Waals surface area contributed by atoms with Crippen LogP contribution in [0.4, 0.5) is 0 Å². The third-order valence-corrected chi connectivity index (χ3v) is 6.92. The standard InChI is InChI=1S/C20H43NS2.5CH4/c1-2-3-4-5-6-7-8-9-10-11-13-16-19-22-23-20-17-14-12-15-18-21;;;;;/h2-21H2,1H3;5*1H4. The maximum absolute atomic E-state index is 5.50. The fraction of sp³-hybridized carbons (Fsp3) is 1.00. The third kappa shape index (κ3) is 41.1. The highest BCUT2D eigenvalue weighted by Gasteiger charge is 1.95. The smallest absolute Gasteiger partial charge is 0.00369 e. The van der Waals surface area contributed by atoms with Gasteiger partial charge in [-0.3, -0.25) is 0 Å². The monoisotopic (exact) mass is 441 g/mol. The first-order valence-corrected chi connectivity index (χ1v) is 12.8. The molecule has 0 aromatic carbocycles. The topological polar surface area (TPSA) is 26.0 Å². The maximum Gasteiger partial charge on any atom is 0.00369 e. The molecule has 0 radical (unpaired) electrons. The van der Waals surface area contributed by atoms with Gasteiger partial charge in [-0.25, -0.2) is 0 Å². The molecule has 0 aliphatic rings.